The number of hydroxylamine groups is 1. The molecule has 0 aromatic carbocycles. The molecule has 0 atom stereocenters. The van der Waals surface area contributed by atoms with Crippen molar-refractivity contribution in [2.45, 2.75) is 20.0 Å². The Morgan fingerprint density at radius 3 is 2.92 bits per heavy atom. The Labute approximate surface area is 76.9 Å². The van der Waals surface area contributed by atoms with E-state index in [0.29, 0.717) is 5.56 Å². The lowest BCUT2D eigenvalue weighted by Gasteiger charge is -2.07. The van der Waals surface area contributed by atoms with Gasteiger partial charge in [-0.05, 0) is 26.0 Å². The number of aromatic nitrogens is 1. The summed E-state index contributed by atoms with van der Waals surface area (Å²) in [6.07, 6.45) is 3.07. The second-order valence-electron chi connectivity index (χ2n) is 2.84. The van der Waals surface area contributed by atoms with Gasteiger partial charge in [0.2, 0.25) is 0 Å². The van der Waals surface area contributed by atoms with Crippen molar-refractivity contribution in [3.8, 4) is 0 Å². The molecule has 0 unspecified atom stereocenters. The first kappa shape index (κ1) is 9.67. The van der Waals surface area contributed by atoms with Crippen LogP contribution >= 0.6 is 0 Å². The summed E-state index contributed by atoms with van der Waals surface area (Å²) in [5, 5.41) is 0. The number of hydrogen-bond donors (Lipinski definition) is 1. The lowest BCUT2D eigenvalue weighted by molar-refractivity contribution is 0.000166. The molecule has 4 heteroatoms. The molecule has 0 aliphatic carbocycles. The summed E-state index contributed by atoms with van der Waals surface area (Å²) in [5.41, 5.74) is 2.81. The van der Waals surface area contributed by atoms with Gasteiger partial charge in [0.1, 0.15) is 0 Å². The molecule has 0 aliphatic heterocycles. The van der Waals surface area contributed by atoms with E-state index >= 15 is 0 Å². The van der Waals surface area contributed by atoms with Crippen LogP contribution in [0.3, 0.4) is 0 Å². The third-order valence-corrected chi connectivity index (χ3v) is 1.31. The van der Waals surface area contributed by atoms with E-state index in [-0.39, 0.29) is 12.0 Å². The second kappa shape index (κ2) is 4.57. The minimum atomic E-state index is -0.276. The molecule has 1 heterocycles. The first-order valence-electron chi connectivity index (χ1n) is 4.06. The maximum atomic E-state index is 11.3. The summed E-state index contributed by atoms with van der Waals surface area (Å²) in [7, 11) is 0. The molecular formula is C9H12N2O2. The molecular weight excluding hydrogens is 168 g/mol. The van der Waals surface area contributed by atoms with Crippen molar-refractivity contribution in [1.82, 2.24) is 10.5 Å². The van der Waals surface area contributed by atoms with Crippen molar-refractivity contribution in [2.75, 3.05) is 0 Å². The average Bonchev–Trinajstić information content (AvgIpc) is 2.15. The van der Waals surface area contributed by atoms with E-state index in [1.54, 1.807) is 18.3 Å². The standard InChI is InChI=1S/C9H12N2O2/c1-7(2)13-11-9(12)8-4-3-5-10-6-8/h3-7H,1-2H3,(H,11,12). The minimum Gasteiger partial charge on any atom is -0.271 e. The molecule has 0 bridgehead atoms. The molecule has 1 rings (SSSR count). The van der Waals surface area contributed by atoms with Gasteiger partial charge in [0.15, 0.2) is 0 Å². The summed E-state index contributed by atoms with van der Waals surface area (Å²) in [5.74, 6) is -0.276. The van der Waals surface area contributed by atoms with Crippen molar-refractivity contribution in [1.29, 1.82) is 0 Å². The third kappa shape index (κ3) is 3.21. The molecule has 1 aromatic rings. The maximum Gasteiger partial charge on any atom is 0.276 e. The third-order valence-electron chi connectivity index (χ3n) is 1.31. The van der Waals surface area contributed by atoms with Crippen molar-refractivity contribution in [2.24, 2.45) is 0 Å². The fourth-order valence-electron chi connectivity index (χ4n) is 0.727. The predicted octanol–water partition coefficient (Wildman–Crippen LogP) is 1.15. The Bertz CT molecular complexity index is 272. The van der Waals surface area contributed by atoms with Gasteiger partial charge in [-0.2, -0.15) is 0 Å². The van der Waals surface area contributed by atoms with Crippen LogP contribution in [-0.2, 0) is 4.84 Å². The van der Waals surface area contributed by atoms with Crippen LogP contribution in [0.1, 0.15) is 24.2 Å². The van der Waals surface area contributed by atoms with Crippen LogP contribution in [0.15, 0.2) is 24.5 Å². The van der Waals surface area contributed by atoms with Crippen molar-refractivity contribution in [3.05, 3.63) is 30.1 Å². The van der Waals surface area contributed by atoms with Crippen molar-refractivity contribution in [3.63, 3.8) is 0 Å². The molecule has 0 fully saturated rings. The van der Waals surface area contributed by atoms with E-state index in [9.17, 15) is 4.79 Å². The van der Waals surface area contributed by atoms with Gasteiger partial charge in [0, 0.05) is 12.4 Å². The zero-order valence-electron chi connectivity index (χ0n) is 7.65. The molecule has 13 heavy (non-hydrogen) atoms. The quantitative estimate of drug-likeness (QED) is 0.710. The molecule has 0 saturated carbocycles. The zero-order chi connectivity index (χ0) is 9.68. The van der Waals surface area contributed by atoms with Gasteiger partial charge in [0.25, 0.3) is 5.91 Å². The molecule has 1 aromatic heterocycles. The van der Waals surface area contributed by atoms with Gasteiger partial charge < -0.3 is 0 Å². The molecule has 0 aliphatic rings. The van der Waals surface area contributed by atoms with E-state index in [4.69, 9.17) is 4.84 Å². The number of carbonyl (C=O) groups is 1. The Hall–Kier alpha value is -1.42. The number of rotatable bonds is 3. The molecule has 1 amide bonds. The van der Waals surface area contributed by atoms with Crippen LogP contribution in [0.5, 0.6) is 0 Å². The summed E-state index contributed by atoms with van der Waals surface area (Å²) in [4.78, 5) is 20.0. The summed E-state index contributed by atoms with van der Waals surface area (Å²) >= 11 is 0. The summed E-state index contributed by atoms with van der Waals surface area (Å²) in [6, 6.07) is 3.37. The van der Waals surface area contributed by atoms with E-state index < -0.39 is 0 Å². The Morgan fingerprint density at radius 1 is 1.62 bits per heavy atom. The van der Waals surface area contributed by atoms with E-state index in [0.717, 1.165) is 0 Å². The fraction of sp³-hybridized carbons (Fsp3) is 0.333. The lowest BCUT2D eigenvalue weighted by Crippen LogP contribution is -2.26. The number of hydrogen-bond acceptors (Lipinski definition) is 3. The summed E-state index contributed by atoms with van der Waals surface area (Å²) in [6.45, 7) is 3.67. The van der Waals surface area contributed by atoms with Gasteiger partial charge in [-0.1, -0.05) is 0 Å². The highest BCUT2D eigenvalue weighted by molar-refractivity contribution is 5.92. The SMILES string of the molecule is CC(C)ONC(=O)c1cccnc1. The first-order valence-corrected chi connectivity index (χ1v) is 4.06. The van der Waals surface area contributed by atoms with E-state index in [1.807, 2.05) is 13.8 Å². The topological polar surface area (TPSA) is 51.2 Å². The van der Waals surface area contributed by atoms with Gasteiger partial charge in [-0.3, -0.25) is 14.6 Å². The van der Waals surface area contributed by atoms with Crippen LogP contribution in [0.25, 0.3) is 0 Å². The molecule has 4 nitrogen and oxygen atoms in total. The largest absolute Gasteiger partial charge is 0.276 e. The maximum absolute atomic E-state index is 11.3. The van der Waals surface area contributed by atoms with Crippen LogP contribution in [0.4, 0.5) is 0 Å². The zero-order valence-corrected chi connectivity index (χ0v) is 7.65. The minimum absolute atomic E-state index is 0.0272. The Balaban J connectivity index is 2.50. The normalized spacial score (nSPS) is 10.1. The lowest BCUT2D eigenvalue weighted by atomic mass is 10.3. The Kier molecular flexibility index (Phi) is 3.40. The average molecular weight is 180 g/mol. The number of nitrogens with one attached hydrogen (secondary N) is 1. The first-order chi connectivity index (χ1) is 6.20. The number of amides is 1. The number of nitrogens with zero attached hydrogens (tertiary/aromatic N) is 1. The van der Waals surface area contributed by atoms with Crippen LogP contribution in [-0.4, -0.2) is 17.0 Å². The smallest absolute Gasteiger partial charge is 0.271 e. The molecule has 70 valence electrons. The van der Waals surface area contributed by atoms with Gasteiger partial charge in [-0.25, -0.2) is 5.48 Å². The highest BCUT2D eigenvalue weighted by Gasteiger charge is 2.04. The van der Waals surface area contributed by atoms with E-state index in [1.165, 1.54) is 6.20 Å². The monoisotopic (exact) mass is 180 g/mol. The Morgan fingerprint density at radius 2 is 2.38 bits per heavy atom. The van der Waals surface area contributed by atoms with Crippen LogP contribution in [0, 0.1) is 0 Å². The molecule has 1 N–H and O–H groups in total. The molecule has 0 saturated heterocycles. The van der Waals surface area contributed by atoms with Crippen molar-refractivity contribution >= 4 is 5.91 Å². The highest BCUT2D eigenvalue weighted by Crippen LogP contribution is 1.95. The van der Waals surface area contributed by atoms with Gasteiger partial charge >= 0.3 is 0 Å². The predicted molar refractivity (Wildman–Crippen MR) is 47.9 cm³/mol. The highest BCUT2D eigenvalue weighted by atomic mass is 16.7. The van der Waals surface area contributed by atoms with Crippen LogP contribution in [0.2, 0.25) is 0 Å². The van der Waals surface area contributed by atoms with Crippen LogP contribution < -0.4 is 5.48 Å². The van der Waals surface area contributed by atoms with Crippen molar-refractivity contribution < 1.29 is 9.63 Å². The van der Waals surface area contributed by atoms with Gasteiger partial charge in [0.05, 0.1) is 11.7 Å². The van der Waals surface area contributed by atoms with Gasteiger partial charge in [-0.15, -0.1) is 0 Å². The molecule has 0 radical (unpaired) electrons. The second-order valence-corrected chi connectivity index (χ2v) is 2.84. The number of carbonyl (C=O) groups excluding carboxylic acids is 1. The molecule has 0 spiro atoms. The van der Waals surface area contributed by atoms with E-state index in [2.05, 4.69) is 10.5 Å². The summed E-state index contributed by atoms with van der Waals surface area (Å²) < 4.78 is 0. The fourth-order valence-corrected chi connectivity index (χ4v) is 0.727. The number of pyridine rings is 1.